The van der Waals surface area contributed by atoms with Gasteiger partial charge in [-0.1, -0.05) is 40.4 Å². The van der Waals surface area contributed by atoms with E-state index in [1.807, 2.05) is 0 Å². The molecule has 1 saturated heterocycles. The zero-order valence-electron chi connectivity index (χ0n) is 12.2. The molecule has 0 amide bonds. The summed E-state index contributed by atoms with van der Waals surface area (Å²) in [5, 5.41) is 0.302. The van der Waals surface area contributed by atoms with Crippen molar-refractivity contribution < 1.29 is 9.16 Å². The molecule has 0 unspecified atom stereocenters. The van der Waals surface area contributed by atoms with E-state index >= 15 is 0 Å². The molecule has 4 heteroatoms. The van der Waals surface area contributed by atoms with Crippen LogP contribution in [0.4, 0.5) is 0 Å². The summed E-state index contributed by atoms with van der Waals surface area (Å²) >= 11 is 0. The van der Waals surface area contributed by atoms with Crippen LogP contribution in [0.2, 0.25) is 37.8 Å². The maximum absolute atomic E-state index is 6.18. The molecule has 0 radical (unpaired) electrons. The second kappa shape index (κ2) is 4.23. The van der Waals surface area contributed by atoms with E-state index in [1.165, 1.54) is 0 Å². The highest BCUT2D eigenvalue weighted by Crippen LogP contribution is 2.38. The molecule has 0 aromatic rings. The monoisotopic (exact) mass is 260 g/mol. The van der Waals surface area contributed by atoms with E-state index in [2.05, 4.69) is 53.5 Å². The fourth-order valence-corrected chi connectivity index (χ4v) is 4.35. The molecule has 0 aliphatic carbocycles. The first-order valence-electron chi connectivity index (χ1n) is 6.24. The van der Waals surface area contributed by atoms with E-state index in [1.54, 1.807) is 0 Å². The first-order valence-corrected chi connectivity index (χ1v) is 12.7. The second-order valence-corrected chi connectivity index (χ2v) is 17.6. The highest BCUT2D eigenvalue weighted by atomic mass is 28.4. The SMILES string of the molecule is CC(C)(C)[Si](C)(C)OC[C@@H]1O[C@H]1[Si](C)(C)C. The van der Waals surface area contributed by atoms with Gasteiger partial charge in [-0.2, -0.15) is 0 Å². The molecular weight excluding hydrogens is 232 g/mol. The Hall–Kier alpha value is 0.354. The van der Waals surface area contributed by atoms with Gasteiger partial charge in [-0.3, -0.25) is 0 Å². The van der Waals surface area contributed by atoms with Crippen LogP contribution in [0.1, 0.15) is 20.8 Å². The van der Waals surface area contributed by atoms with Crippen molar-refractivity contribution in [3.05, 3.63) is 0 Å². The van der Waals surface area contributed by atoms with Crippen LogP contribution in [0.25, 0.3) is 0 Å². The zero-order chi connectivity index (χ0) is 12.8. The number of epoxide rings is 1. The Kier molecular flexibility index (Phi) is 3.81. The lowest BCUT2D eigenvalue weighted by Gasteiger charge is -2.36. The number of hydrogen-bond acceptors (Lipinski definition) is 2. The predicted octanol–water partition coefficient (Wildman–Crippen LogP) is 3.65. The third kappa shape index (κ3) is 3.42. The molecule has 1 aliphatic rings. The Morgan fingerprint density at radius 2 is 1.56 bits per heavy atom. The highest BCUT2D eigenvalue weighted by molar-refractivity contribution is 6.78. The zero-order valence-corrected chi connectivity index (χ0v) is 14.2. The van der Waals surface area contributed by atoms with Crippen molar-refractivity contribution in [3.8, 4) is 0 Å². The Morgan fingerprint density at radius 3 is 1.88 bits per heavy atom. The van der Waals surface area contributed by atoms with Gasteiger partial charge in [0, 0.05) is 0 Å². The lowest BCUT2D eigenvalue weighted by molar-refractivity contribution is 0.243. The summed E-state index contributed by atoms with van der Waals surface area (Å²) in [4.78, 5) is 0. The average molecular weight is 261 g/mol. The summed E-state index contributed by atoms with van der Waals surface area (Å²) in [6.07, 6.45) is 0.390. The summed E-state index contributed by atoms with van der Waals surface area (Å²) in [6, 6.07) is 0. The number of ether oxygens (including phenoxy) is 1. The molecule has 1 heterocycles. The summed E-state index contributed by atoms with van der Waals surface area (Å²) in [7, 11) is -2.70. The van der Waals surface area contributed by atoms with Gasteiger partial charge in [-0.25, -0.2) is 0 Å². The van der Waals surface area contributed by atoms with E-state index in [9.17, 15) is 0 Å². The van der Waals surface area contributed by atoms with Crippen molar-refractivity contribution in [2.45, 2.75) is 70.4 Å². The molecule has 0 aromatic carbocycles. The van der Waals surface area contributed by atoms with Crippen LogP contribution in [0, 0.1) is 0 Å². The molecule has 1 fully saturated rings. The second-order valence-electron chi connectivity index (χ2n) is 7.53. The lowest BCUT2D eigenvalue weighted by Crippen LogP contribution is -2.42. The van der Waals surface area contributed by atoms with Gasteiger partial charge in [0.15, 0.2) is 8.32 Å². The predicted molar refractivity (Wildman–Crippen MR) is 75.2 cm³/mol. The first kappa shape index (κ1) is 14.4. The highest BCUT2D eigenvalue weighted by Gasteiger charge is 2.49. The maximum Gasteiger partial charge on any atom is 0.192 e. The van der Waals surface area contributed by atoms with Gasteiger partial charge in [0.2, 0.25) is 0 Å². The van der Waals surface area contributed by atoms with Crippen molar-refractivity contribution >= 4 is 16.4 Å². The van der Waals surface area contributed by atoms with E-state index in [4.69, 9.17) is 9.16 Å². The van der Waals surface area contributed by atoms with Crippen molar-refractivity contribution in [1.29, 1.82) is 0 Å². The summed E-state index contributed by atoms with van der Waals surface area (Å²) in [5.41, 5.74) is 0.525. The first-order chi connectivity index (χ1) is 6.95. The smallest absolute Gasteiger partial charge is 0.192 e. The number of hydrogen-bond donors (Lipinski definition) is 0. The molecule has 16 heavy (non-hydrogen) atoms. The fraction of sp³-hybridized carbons (Fsp3) is 1.00. The average Bonchev–Trinajstić information content (AvgIpc) is 2.75. The largest absolute Gasteiger partial charge is 0.414 e. The van der Waals surface area contributed by atoms with Crippen molar-refractivity contribution in [3.63, 3.8) is 0 Å². The van der Waals surface area contributed by atoms with Gasteiger partial charge in [-0.15, -0.1) is 0 Å². The number of rotatable bonds is 4. The van der Waals surface area contributed by atoms with Gasteiger partial charge < -0.3 is 9.16 Å². The van der Waals surface area contributed by atoms with Gasteiger partial charge in [-0.05, 0) is 18.1 Å². The molecule has 0 N–H and O–H groups in total. The van der Waals surface area contributed by atoms with Crippen LogP contribution in [-0.4, -0.2) is 34.8 Å². The van der Waals surface area contributed by atoms with Gasteiger partial charge in [0.25, 0.3) is 0 Å². The molecule has 2 nitrogen and oxygen atoms in total. The van der Waals surface area contributed by atoms with Gasteiger partial charge in [0.05, 0.1) is 20.4 Å². The molecule has 1 aliphatic heterocycles. The molecule has 96 valence electrons. The van der Waals surface area contributed by atoms with Crippen LogP contribution in [0.15, 0.2) is 0 Å². The molecule has 0 saturated carbocycles. The van der Waals surface area contributed by atoms with Gasteiger partial charge >= 0.3 is 0 Å². The molecule has 1 rings (SSSR count). The summed E-state index contributed by atoms with van der Waals surface area (Å²) in [6.45, 7) is 19.4. The van der Waals surface area contributed by atoms with Crippen LogP contribution in [-0.2, 0) is 9.16 Å². The van der Waals surface area contributed by atoms with E-state index in [-0.39, 0.29) is 0 Å². The van der Waals surface area contributed by atoms with E-state index in [0.717, 1.165) is 6.61 Å². The molecule has 0 spiro atoms. The Labute approximate surface area is 103 Å². The van der Waals surface area contributed by atoms with E-state index < -0.39 is 16.4 Å². The third-order valence-electron chi connectivity index (χ3n) is 3.85. The van der Waals surface area contributed by atoms with Crippen molar-refractivity contribution in [2.75, 3.05) is 6.61 Å². The maximum atomic E-state index is 6.18. The van der Waals surface area contributed by atoms with Crippen LogP contribution >= 0.6 is 0 Å². The van der Waals surface area contributed by atoms with Crippen LogP contribution in [0.3, 0.4) is 0 Å². The molecule has 0 aromatic heterocycles. The summed E-state index contributed by atoms with van der Waals surface area (Å²) in [5.74, 6) is 0. The van der Waals surface area contributed by atoms with Gasteiger partial charge in [0.1, 0.15) is 6.10 Å². The molecule has 0 bridgehead atoms. The quantitative estimate of drug-likeness (QED) is 0.568. The third-order valence-corrected chi connectivity index (χ3v) is 10.6. The molecular formula is C12H28O2Si2. The summed E-state index contributed by atoms with van der Waals surface area (Å²) < 4.78 is 11.9. The minimum Gasteiger partial charge on any atom is -0.414 e. The van der Waals surface area contributed by atoms with Crippen molar-refractivity contribution in [2.24, 2.45) is 0 Å². The Morgan fingerprint density at radius 1 is 1.06 bits per heavy atom. The van der Waals surface area contributed by atoms with Crippen LogP contribution in [0.5, 0.6) is 0 Å². The molecule has 2 atom stereocenters. The Bertz CT molecular complexity index is 251. The van der Waals surface area contributed by atoms with Crippen LogP contribution < -0.4 is 0 Å². The fourth-order valence-electron chi connectivity index (χ4n) is 1.54. The Balaban J connectivity index is 2.39. The minimum atomic E-state index is -1.58. The topological polar surface area (TPSA) is 21.8 Å². The normalized spacial score (nSPS) is 27.0. The minimum absolute atomic E-state index is 0.302. The standard InChI is InChI=1S/C12H28O2Si2/c1-12(2,3)16(7,8)13-9-10-11(14-10)15(4,5)6/h10-11H,9H2,1-8H3/t10-,11-/m0/s1. The van der Waals surface area contributed by atoms with Crippen molar-refractivity contribution in [1.82, 2.24) is 0 Å². The lowest BCUT2D eigenvalue weighted by atomic mass is 10.2. The van der Waals surface area contributed by atoms with E-state index in [0.29, 0.717) is 16.9 Å².